The molecule has 3 rings (SSSR count). The SMILES string of the molecule is O=C1Nc2cc(-n3nnn(CCCF)c3=O)c(F)cc2CC1Cl. The van der Waals surface area contributed by atoms with Crippen LogP contribution < -0.4 is 11.0 Å². The molecule has 1 aliphatic heterocycles. The number of tetrazole rings is 1. The van der Waals surface area contributed by atoms with Crippen molar-refractivity contribution in [2.45, 2.75) is 24.8 Å². The van der Waals surface area contributed by atoms with E-state index >= 15 is 0 Å². The molecule has 1 N–H and O–H groups in total. The Morgan fingerprint density at radius 1 is 1.35 bits per heavy atom. The van der Waals surface area contributed by atoms with Crippen LogP contribution in [0.2, 0.25) is 0 Å². The third-order valence-electron chi connectivity index (χ3n) is 3.49. The Hall–Kier alpha value is -2.29. The molecular formula is C13H12ClF2N5O2. The van der Waals surface area contributed by atoms with Crippen LogP contribution in [0, 0.1) is 5.82 Å². The third-order valence-corrected chi connectivity index (χ3v) is 3.84. The Bertz CT molecular complexity index is 819. The molecule has 1 aromatic heterocycles. The average Bonchev–Trinajstić information content (AvgIpc) is 2.87. The minimum atomic E-state index is -0.767. The van der Waals surface area contributed by atoms with Gasteiger partial charge in [0.25, 0.3) is 0 Å². The maximum Gasteiger partial charge on any atom is 0.368 e. The molecule has 0 spiro atoms. The number of nitrogens with zero attached hydrogens (tertiary/aromatic N) is 4. The lowest BCUT2D eigenvalue weighted by Crippen LogP contribution is -2.31. The van der Waals surface area contributed by atoms with Crippen molar-refractivity contribution in [3.8, 4) is 5.69 Å². The molecule has 2 aromatic rings. The number of alkyl halides is 2. The van der Waals surface area contributed by atoms with E-state index in [1.54, 1.807) is 0 Å². The molecule has 7 nitrogen and oxygen atoms in total. The summed E-state index contributed by atoms with van der Waals surface area (Å²) < 4.78 is 28.2. The number of fused-ring (bicyclic) bond motifs is 1. The fourth-order valence-electron chi connectivity index (χ4n) is 2.32. The van der Waals surface area contributed by atoms with E-state index in [2.05, 4.69) is 15.7 Å². The number of halogens is 3. The van der Waals surface area contributed by atoms with Gasteiger partial charge in [0.2, 0.25) is 5.91 Å². The highest BCUT2D eigenvalue weighted by molar-refractivity contribution is 6.33. The van der Waals surface area contributed by atoms with Crippen LogP contribution in [-0.4, -0.2) is 37.7 Å². The predicted octanol–water partition coefficient (Wildman–Crippen LogP) is 1.03. The average molecular weight is 344 g/mol. The van der Waals surface area contributed by atoms with Crippen molar-refractivity contribution in [2.75, 3.05) is 12.0 Å². The van der Waals surface area contributed by atoms with Crippen LogP contribution in [0.5, 0.6) is 0 Å². The first kappa shape index (κ1) is 15.6. The molecule has 1 aromatic carbocycles. The van der Waals surface area contributed by atoms with Crippen molar-refractivity contribution in [1.82, 2.24) is 19.8 Å². The molecule has 10 heteroatoms. The first-order valence-corrected chi connectivity index (χ1v) is 7.31. The molecule has 1 aliphatic rings. The fourth-order valence-corrected chi connectivity index (χ4v) is 2.54. The van der Waals surface area contributed by atoms with Gasteiger partial charge in [0.1, 0.15) is 16.9 Å². The molecule has 23 heavy (non-hydrogen) atoms. The summed E-state index contributed by atoms with van der Waals surface area (Å²) in [5.74, 6) is -1.08. The zero-order chi connectivity index (χ0) is 16.6. The summed E-state index contributed by atoms with van der Waals surface area (Å²) in [6.45, 7) is -0.551. The van der Waals surface area contributed by atoms with Crippen LogP contribution in [0.1, 0.15) is 12.0 Å². The number of nitrogens with one attached hydrogen (secondary N) is 1. The van der Waals surface area contributed by atoms with Crippen molar-refractivity contribution in [3.05, 3.63) is 34.0 Å². The summed E-state index contributed by atoms with van der Waals surface area (Å²) in [7, 11) is 0. The fraction of sp³-hybridized carbons (Fsp3) is 0.385. The smallest absolute Gasteiger partial charge is 0.324 e. The monoisotopic (exact) mass is 343 g/mol. The number of anilines is 1. The summed E-state index contributed by atoms with van der Waals surface area (Å²) in [5.41, 5.74) is 0.0699. The Balaban J connectivity index is 2.01. The Kier molecular flexibility index (Phi) is 4.12. The van der Waals surface area contributed by atoms with Gasteiger partial charge in [0, 0.05) is 5.69 Å². The van der Waals surface area contributed by atoms with Gasteiger partial charge >= 0.3 is 5.69 Å². The number of carbonyl (C=O) groups excluding carboxylic acids is 1. The summed E-state index contributed by atoms with van der Waals surface area (Å²) in [6, 6.07) is 2.51. The standard InChI is InChI=1S/C13H12ClF2N5O2/c14-8-4-7-5-9(16)11(6-10(7)17-12(8)22)21-13(23)20(18-19-21)3-1-2-15/h5-6,8H,1-4H2,(H,17,22). The predicted molar refractivity (Wildman–Crippen MR) is 78.1 cm³/mol. The number of rotatable bonds is 4. The maximum atomic E-state index is 14.3. The lowest BCUT2D eigenvalue weighted by Gasteiger charge is -2.21. The van der Waals surface area contributed by atoms with E-state index in [0.29, 0.717) is 11.3 Å². The van der Waals surface area contributed by atoms with E-state index in [-0.39, 0.29) is 25.1 Å². The lowest BCUT2D eigenvalue weighted by atomic mass is 10.0. The van der Waals surface area contributed by atoms with E-state index < -0.39 is 29.5 Å². The molecule has 2 heterocycles. The number of aromatic nitrogens is 4. The van der Waals surface area contributed by atoms with Crippen LogP contribution in [0.4, 0.5) is 14.5 Å². The van der Waals surface area contributed by atoms with E-state index in [1.165, 1.54) is 12.1 Å². The second-order valence-electron chi connectivity index (χ2n) is 5.06. The van der Waals surface area contributed by atoms with Crippen molar-refractivity contribution < 1.29 is 13.6 Å². The van der Waals surface area contributed by atoms with Gasteiger partial charge < -0.3 is 5.32 Å². The molecule has 1 unspecified atom stereocenters. The van der Waals surface area contributed by atoms with E-state index in [9.17, 15) is 18.4 Å². The van der Waals surface area contributed by atoms with Crippen molar-refractivity contribution in [3.63, 3.8) is 0 Å². The highest BCUT2D eigenvalue weighted by Gasteiger charge is 2.26. The number of hydrogen-bond acceptors (Lipinski definition) is 4. The quantitative estimate of drug-likeness (QED) is 0.841. The summed E-state index contributed by atoms with van der Waals surface area (Å²) >= 11 is 5.84. The molecule has 122 valence electrons. The molecular weight excluding hydrogens is 332 g/mol. The number of hydrogen-bond donors (Lipinski definition) is 1. The van der Waals surface area contributed by atoms with Crippen molar-refractivity contribution in [2.24, 2.45) is 0 Å². The van der Waals surface area contributed by atoms with Crippen molar-refractivity contribution >= 4 is 23.2 Å². The second-order valence-corrected chi connectivity index (χ2v) is 5.59. The van der Waals surface area contributed by atoms with E-state index in [1.807, 2.05) is 0 Å². The molecule has 1 amide bonds. The van der Waals surface area contributed by atoms with Gasteiger partial charge in [-0.2, -0.15) is 9.36 Å². The Morgan fingerprint density at radius 2 is 2.13 bits per heavy atom. The van der Waals surface area contributed by atoms with Gasteiger partial charge in [-0.25, -0.2) is 9.18 Å². The van der Waals surface area contributed by atoms with Gasteiger partial charge in [-0.05, 0) is 41.0 Å². The second kappa shape index (κ2) is 6.07. The number of benzene rings is 1. The summed E-state index contributed by atoms with van der Waals surface area (Å²) in [4.78, 5) is 23.7. The van der Waals surface area contributed by atoms with Crippen LogP contribution in [-0.2, 0) is 17.8 Å². The lowest BCUT2D eigenvalue weighted by molar-refractivity contribution is -0.116. The topological polar surface area (TPSA) is 81.8 Å². The van der Waals surface area contributed by atoms with Gasteiger partial charge in [-0.15, -0.1) is 11.6 Å². The number of aryl methyl sites for hydroxylation is 1. The summed E-state index contributed by atoms with van der Waals surface area (Å²) in [6.07, 6.45) is 0.302. The van der Waals surface area contributed by atoms with Gasteiger partial charge in [0.05, 0.1) is 13.2 Å². The highest BCUT2D eigenvalue weighted by Crippen LogP contribution is 2.28. The highest BCUT2D eigenvalue weighted by atomic mass is 35.5. The molecule has 0 saturated carbocycles. The Morgan fingerprint density at radius 3 is 2.87 bits per heavy atom. The zero-order valence-electron chi connectivity index (χ0n) is 11.8. The van der Waals surface area contributed by atoms with Crippen LogP contribution in [0.15, 0.2) is 16.9 Å². The number of amides is 1. The molecule has 0 radical (unpaired) electrons. The molecule has 0 bridgehead atoms. The molecule has 0 saturated heterocycles. The third kappa shape index (κ3) is 2.83. The van der Waals surface area contributed by atoms with Crippen molar-refractivity contribution in [1.29, 1.82) is 0 Å². The molecule has 0 fully saturated rings. The van der Waals surface area contributed by atoms with Gasteiger partial charge in [-0.3, -0.25) is 9.18 Å². The molecule has 1 atom stereocenters. The molecule has 0 aliphatic carbocycles. The number of carbonyl (C=O) groups is 1. The minimum absolute atomic E-state index is 0.0482. The van der Waals surface area contributed by atoms with E-state index in [0.717, 1.165) is 9.36 Å². The first-order valence-electron chi connectivity index (χ1n) is 6.87. The summed E-state index contributed by atoms with van der Waals surface area (Å²) in [5, 5.41) is 8.97. The van der Waals surface area contributed by atoms with Crippen LogP contribution >= 0.6 is 11.6 Å². The Labute approximate surface area is 133 Å². The normalized spacial score (nSPS) is 17.0. The maximum absolute atomic E-state index is 14.3. The van der Waals surface area contributed by atoms with Crippen LogP contribution in [0.25, 0.3) is 5.69 Å². The largest absolute Gasteiger partial charge is 0.368 e. The van der Waals surface area contributed by atoms with Gasteiger partial charge in [-0.1, -0.05) is 0 Å². The van der Waals surface area contributed by atoms with E-state index in [4.69, 9.17) is 11.6 Å². The van der Waals surface area contributed by atoms with Crippen LogP contribution in [0.3, 0.4) is 0 Å². The zero-order valence-corrected chi connectivity index (χ0v) is 12.6. The van der Waals surface area contributed by atoms with Gasteiger partial charge in [0.15, 0.2) is 0 Å². The first-order chi connectivity index (χ1) is 11.0. The minimum Gasteiger partial charge on any atom is -0.324 e.